The fraction of sp³-hybridized carbons (Fsp3) is 0.176. The van der Waals surface area contributed by atoms with Crippen molar-refractivity contribution in [3.63, 3.8) is 0 Å². The predicted octanol–water partition coefficient (Wildman–Crippen LogP) is 6.23. The SMILES string of the molecule is COc1ccccc1CN(CCc1c[nH]c2ccccc12)C(=O)CN(Cc1ccc(F)cc1)C(=O)c1ccccc1. The lowest BCUT2D eigenvalue weighted by Crippen LogP contribution is -2.43. The van der Waals surface area contributed by atoms with Crippen LogP contribution in [-0.4, -0.2) is 46.8 Å². The Hall–Kier alpha value is -4.91. The second-order valence-electron chi connectivity index (χ2n) is 9.89. The molecule has 4 aromatic carbocycles. The molecule has 0 unspecified atom stereocenters. The van der Waals surface area contributed by atoms with Crippen LogP contribution in [0.5, 0.6) is 5.75 Å². The summed E-state index contributed by atoms with van der Waals surface area (Å²) in [6.07, 6.45) is 2.62. The molecule has 0 aliphatic rings. The van der Waals surface area contributed by atoms with Crippen LogP contribution in [0.4, 0.5) is 4.39 Å². The Bertz CT molecular complexity index is 1620. The van der Waals surface area contributed by atoms with Gasteiger partial charge in [-0.25, -0.2) is 4.39 Å². The maximum atomic E-state index is 14.0. The number of fused-ring (bicyclic) bond motifs is 1. The molecule has 0 radical (unpaired) electrons. The van der Waals surface area contributed by atoms with Crippen LogP contribution in [-0.2, 0) is 24.3 Å². The molecule has 0 saturated carbocycles. The molecule has 5 rings (SSSR count). The second kappa shape index (κ2) is 13.0. The number of carbonyl (C=O) groups is 2. The Balaban J connectivity index is 1.41. The molecule has 1 heterocycles. The molecular weight excluding hydrogens is 517 g/mol. The summed E-state index contributed by atoms with van der Waals surface area (Å²) in [5.41, 5.74) is 4.25. The van der Waals surface area contributed by atoms with E-state index in [0.29, 0.717) is 30.8 Å². The van der Waals surface area contributed by atoms with Crippen molar-refractivity contribution >= 4 is 22.7 Å². The highest BCUT2D eigenvalue weighted by atomic mass is 19.1. The molecule has 1 N–H and O–H groups in total. The largest absolute Gasteiger partial charge is 0.496 e. The molecule has 0 spiro atoms. The third-order valence-corrected chi connectivity index (χ3v) is 7.15. The standard InChI is InChI=1S/C34H32FN3O3/c1-41-32-14-8-5-11-28(32)23-37(20-19-27-21-36-31-13-7-6-12-30(27)31)33(39)24-38(22-25-15-17-29(35)18-16-25)34(40)26-9-3-2-4-10-26/h2-18,21,36H,19-20,22-24H2,1H3. The topological polar surface area (TPSA) is 65.6 Å². The number of methoxy groups -OCH3 is 1. The van der Waals surface area contributed by atoms with E-state index in [1.165, 1.54) is 17.0 Å². The maximum absolute atomic E-state index is 14.0. The molecule has 0 saturated heterocycles. The summed E-state index contributed by atoms with van der Waals surface area (Å²) in [5, 5.41) is 1.12. The highest BCUT2D eigenvalue weighted by Gasteiger charge is 2.24. The molecule has 7 heteroatoms. The fourth-order valence-electron chi connectivity index (χ4n) is 4.96. The minimum Gasteiger partial charge on any atom is -0.496 e. The molecule has 0 aliphatic carbocycles. The van der Waals surface area contributed by atoms with Crippen molar-refractivity contribution in [2.24, 2.45) is 0 Å². The summed E-state index contributed by atoms with van der Waals surface area (Å²) >= 11 is 0. The number of rotatable bonds is 11. The Morgan fingerprint density at radius 3 is 2.27 bits per heavy atom. The normalized spacial score (nSPS) is 10.9. The molecule has 2 amide bonds. The van der Waals surface area contributed by atoms with Gasteiger partial charge < -0.3 is 19.5 Å². The zero-order chi connectivity index (χ0) is 28.6. The van der Waals surface area contributed by atoms with Crippen molar-refractivity contribution in [3.05, 3.63) is 137 Å². The summed E-state index contributed by atoms with van der Waals surface area (Å²) < 4.78 is 19.1. The van der Waals surface area contributed by atoms with E-state index in [4.69, 9.17) is 4.74 Å². The van der Waals surface area contributed by atoms with Gasteiger partial charge in [-0.05, 0) is 53.9 Å². The van der Waals surface area contributed by atoms with E-state index in [-0.39, 0.29) is 30.7 Å². The third-order valence-electron chi connectivity index (χ3n) is 7.15. The number of aromatic nitrogens is 1. The molecule has 5 aromatic rings. The zero-order valence-corrected chi connectivity index (χ0v) is 22.9. The maximum Gasteiger partial charge on any atom is 0.254 e. The molecule has 0 atom stereocenters. The van der Waals surface area contributed by atoms with Gasteiger partial charge in [-0.1, -0.05) is 66.7 Å². The van der Waals surface area contributed by atoms with Gasteiger partial charge in [0.15, 0.2) is 0 Å². The first kappa shape index (κ1) is 27.6. The average Bonchev–Trinajstić information content (AvgIpc) is 3.43. The van der Waals surface area contributed by atoms with Crippen molar-refractivity contribution in [2.75, 3.05) is 20.2 Å². The lowest BCUT2D eigenvalue weighted by atomic mass is 10.1. The van der Waals surface area contributed by atoms with E-state index < -0.39 is 0 Å². The van der Waals surface area contributed by atoms with Crippen LogP contribution in [0.25, 0.3) is 10.9 Å². The van der Waals surface area contributed by atoms with Gasteiger partial charge in [-0.2, -0.15) is 0 Å². The minimum atomic E-state index is -0.356. The number of hydrogen-bond donors (Lipinski definition) is 1. The van der Waals surface area contributed by atoms with E-state index in [1.807, 2.05) is 54.7 Å². The van der Waals surface area contributed by atoms with Crippen LogP contribution < -0.4 is 4.74 Å². The van der Waals surface area contributed by atoms with E-state index in [1.54, 1.807) is 48.4 Å². The summed E-state index contributed by atoms with van der Waals surface area (Å²) in [6, 6.07) is 30.6. The second-order valence-corrected chi connectivity index (χ2v) is 9.89. The Morgan fingerprint density at radius 2 is 1.49 bits per heavy atom. The number of para-hydroxylation sites is 2. The van der Waals surface area contributed by atoms with Gasteiger partial charge in [0.1, 0.15) is 18.1 Å². The predicted molar refractivity (Wildman–Crippen MR) is 158 cm³/mol. The lowest BCUT2D eigenvalue weighted by Gasteiger charge is -2.28. The van der Waals surface area contributed by atoms with Crippen LogP contribution in [0.1, 0.15) is 27.0 Å². The number of carbonyl (C=O) groups excluding carboxylic acids is 2. The van der Waals surface area contributed by atoms with Gasteiger partial charge in [-0.3, -0.25) is 9.59 Å². The number of aromatic amines is 1. The average molecular weight is 550 g/mol. The van der Waals surface area contributed by atoms with Crippen molar-refractivity contribution in [2.45, 2.75) is 19.5 Å². The molecule has 0 aliphatic heterocycles. The van der Waals surface area contributed by atoms with Crippen molar-refractivity contribution < 1.29 is 18.7 Å². The van der Waals surface area contributed by atoms with Crippen LogP contribution in [0.3, 0.4) is 0 Å². The Morgan fingerprint density at radius 1 is 0.780 bits per heavy atom. The quantitative estimate of drug-likeness (QED) is 0.212. The molecule has 41 heavy (non-hydrogen) atoms. The number of H-pyrrole nitrogens is 1. The number of halogens is 1. The molecule has 0 fully saturated rings. The third kappa shape index (κ3) is 6.81. The first-order valence-corrected chi connectivity index (χ1v) is 13.6. The number of hydrogen-bond acceptors (Lipinski definition) is 3. The molecule has 6 nitrogen and oxygen atoms in total. The molecular formula is C34H32FN3O3. The Labute approximate surface area is 239 Å². The summed E-state index contributed by atoms with van der Waals surface area (Å²) in [4.78, 5) is 34.2. The van der Waals surface area contributed by atoms with Gasteiger partial charge in [-0.15, -0.1) is 0 Å². The summed E-state index contributed by atoms with van der Waals surface area (Å²) in [5.74, 6) is -0.119. The highest BCUT2D eigenvalue weighted by Crippen LogP contribution is 2.22. The molecule has 1 aromatic heterocycles. The lowest BCUT2D eigenvalue weighted by molar-refractivity contribution is -0.132. The smallest absolute Gasteiger partial charge is 0.254 e. The van der Waals surface area contributed by atoms with Crippen LogP contribution in [0, 0.1) is 5.82 Å². The molecule has 208 valence electrons. The highest BCUT2D eigenvalue weighted by molar-refractivity contribution is 5.96. The summed E-state index contributed by atoms with van der Waals surface area (Å²) in [7, 11) is 1.61. The van der Waals surface area contributed by atoms with Crippen LogP contribution in [0.2, 0.25) is 0 Å². The van der Waals surface area contributed by atoms with Crippen LogP contribution >= 0.6 is 0 Å². The number of ether oxygens (including phenoxy) is 1. The van der Waals surface area contributed by atoms with Gasteiger partial charge in [0.05, 0.1) is 7.11 Å². The number of nitrogens with one attached hydrogen (secondary N) is 1. The number of nitrogens with zero attached hydrogens (tertiary/aromatic N) is 2. The summed E-state index contributed by atoms with van der Waals surface area (Å²) in [6.45, 7) is 0.816. The van der Waals surface area contributed by atoms with Crippen molar-refractivity contribution in [3.8, 4) is 5.75 Å². The monoisotopic (exact) mass is 549 g/mol. The molecule has 0 bridgehead atoms. The first-order chi connectivity index (χ1) is 20.0. The van der Waals surface area contributed by atoms with E-state index in [9.17, 15) is 14.0 Å². The van der Waals surface area contributed by atoms with Crippen molar-refractivity contribution in [1.29, 1.82) is 0 Å². The van der Waals surface area contributed by atoms with Gasteiger partial charge in [0.25, 0.3) is 5.91 Å². The van der Waals surface area contributed by atoms with E-state index in [2.05, 4.69) is 11.1 Å². The number of benzene rings is 4. The van der Waals surface area contributed by atoms with E-state index in [0.717, 1.165) is 27.6 Å². The van der Waals surface area contributed by atoms with Gasteiger partial charge >= 0.3 is 0 Å². The minimum absolute atomic E-state index is 0.131. The van der Waals surface area contributed by atoms with Crippen LogP contribution in [0.15, 0.2) is 109 Å². The van der Waals surface area contributed by atoms with Gasteiger partial charge in [0, 0.05) is 47.9 Å². The number of amides is 2. The van der Waals surface area contributed by atoms with Crippen molar-refractivity contribution in [1.82, 2.24) is 14.8 Å². The zero-order valence-electron chi connectivity index (χ0n) is 22.9. The fourth-order valence-corrected chi connectivity index (χ4v) is 4.96. The Kier molecular flexibility index (Phi) is 8.74. The van der Waals surface area contributed by atoms with E-state index >= 15 is 0 Å². The van der Waals surface area contributed by atoms with Gasteiger partial charge in [0.2, 0.25) is 5.91 Å². The first-order valence-electron chi connectivity index (χ1n) is 13.6.